The lowest BCUT2D eigenvalue weighted by Gasteiger charge is -2.28. The number of likely N-dealkylation sites (N-methyl/N-ethyl adjacent to an activating group) is 1. The average Bonchev–Trinajstić information content (AvgIpc) is 2.79. The molecular weight excluding hydrogens is 407 g/mol. The lowest BCUT2D eigenvalue weighted by Crippen LogP contribution is -2.38. The van der Waals surface area contributed by atoms with E-state index in [2.05, 4.69) is 24.3 Å². The third kappa shape index (κ3) is 7.85. The highest BCUT2D eigenvalue weighted by Crippen LogP contribution is 2.45. The second-order valence-electron chi connectivity index (χ2n) is 8.89. The summed E-state index contributed by atoms with van der Waals surface area (Å²) in [7, 11) is -2.13. The molecule has 3 N–H and O–H groups in total. The second-order valence-corrected chi connectivity index (χ2v) is 10.8. The molecule has 0 spiro atoms. The van der Waals surface area contributed by atoms with Gasteiger partial charge in [-0.2, -0.15) is 0 Å². The van der Waals surface area contributed by atoms with Crippen molar-refractivity contribution in [3.8, 4) is 0 Å². The van der Waals surface area contributed by atoms with Crippen LogP contribution in [0.1, 0.15) is 56.9 Å². The second kappa shape index (κ2) is 11.4. The Balaban J connectivity index is 1.48. The Bertz CT molecular complexity index is 850. The molecule has 0 aliphatic heterocycles. The van der Waals surface area contributed by atoms with Gasteiger partial charge >= 0.3 is 7.75 Å². The van der Waals surface area contributed by atoms with Crippen molar-refractivity contribution in [1.29, 1.82) is 0 Å². The molecule has 2 aliphatic carbocycles. The van der Waals surface area contributed by atoms with E-state index < -0.39 is 7.75 Å². The average molecular weight is 445 g/mol. The Morgan fingerprint density at radius 3 is 2.77 bits per heavy atom. The number of allylic oxidation sites excluding steroid dienone is 5. The van der Waals surface area contributed by atoms with E-state index in [1.54, 1.807) is 7.05 Å². The summed E-state index contributed by atoms with van der Waals surface area (Å²) in [5.41, 5.74) is 10.2. The van der Waals surface area contributed by atoms with Crippen molar-refractivity contribution in [1.82, 2.24) is 4.67 Å². The highest BCUT2D eigenvalue weighted by molar-refractivity contribution is 7.50. The first-order valence-corrected chi connectivity index (χ1v) is 13.0. The molecule has 1 fully saturated rings. The van der Waals surface area contributed by atoms with Crippen LogP contribution < -0.4 is 5.73 Å². The van der Waals surface area contributed by atoms with Crippen molar-refractivity contribution in [3.63, 3.8) is 0 Å². The van der Waals surface area contributed by atoms with Gasteiger partial charge in [0.15, 0.2) is 0 Å². The van der Waals surface area contributed by atoms with E-state index >= 15 is 0 Å². The van der Waals surface area contributed by atoms with Gasteiger partial charge in [0.25, 0.3) is 0 Å². The lowest BCUT2D eigenvalue weighted by molar-refractivity contribution is 0.210. The number of benzene rings is 1. The first-order chi connectivity index (χ1) is 14.9. The van der Waals surface area contributed by atoms with Crippen LogP contribution in [0.2, 0.25) is 0 Å². The molecule has 31 heavy (non-hydrogen) atoms. The molecule has 0 amide bonds. The van der Waals surface area contributed by atoms with Gasteiger partial charge in [0.1, 0.15) is 0 Å². The quantitative estimate of drug-likeness (QED) is 0.387. The summed E-state index contributed by atoms with van der Waals surface area (Å²) in [6.45, 7) is 0.731. The minimum atomic E-state index is -3.78. The predicted octanol–water partition coefficient (Wildman–Crippen LogP) is 5.53. The van der Waals surface area contributed by atoms with E-state index in [1.165, 1.54) is 28.7 Å². The Labute approximate surface area is 187 Å². The molecule has 2 atom stereocenters. The van der Waals surface area contributed by atoms with Gasteiger partial charge in [-0.05, 0) is 69.6 Å². The Hall–Kier alpha value is -1.49. The van der Waals surface area contributed by atoms with Gasteiger partial charge in [-0.25, -0.2) is 9.24 Å². The first-order valence-electron chi connectivity index (χ1n) is 11.5. The van der Waals surface area contributed by atoms with Crippen LogP contribution >= 0.6 is 7.75 Å². The van der Waals surface area contributed by atoms with Crippen molar-refractivity contribution in [2.75, 3.05) is 20.2 Å². The molecule has 6 heteroatoms. The van der Waals surface area contributed by atoms with E-state index in [0.29, 0.717) is 19.4 Å². The van der Waals surface area contributed by atoms with Gasteiger partial charge in [0.05, 0.1) is 6.61 Å². The standard InChI is InChI=1S/C25H37N2O3P/c1-27(19-15-22-9-3-2-4-10-22)31(28,29)30-20-8-13-23-12-7-17-25(26)16-6-5-11-24(21-23)14-18-25/h2-4,7,9-10,12,17,21H,5-6,8,11,13-16,18-20,26H2,1H3,(H,28,29)/b17-7-,23-12?,24-21?. The molecule has 0 heterocycles. The zero-order valence-electron chi connectivity index (χ0n) is 18.7. The number of fused-ring (bicyclic) bond motifs is 3. The molecular formula is C25H37N2O3P. The van der Waals surface area contributed by atoms with Crippen LogP contribution in [-0.2, 0) is 15.5 Å². The lowest BCUT2D eigenvalue weighted by atomic mass is 9.83. The van der Waals surface area contributed by atoms with Crippen molar-refractivity contribution >= 4 is 7.75 Å². The summed E-state index contributed by atoms with van der Waals surface area (Å²) in [6, 6.07) is 9.96. The molecule has 1 saturated carbocycles. The molecule has 1 aromatic rings. The third-order valence-corrected chi connectivity index (χ3v) is 7.88. The van der Waals surface area contributed by atoms with Crippen LogP contribution in [0.5, 0.6) is 0 Å². The predicted molar refractivity (Wildman–Crippen MR) is 128 cm³/mol. The topological polar surface area (TPSA) is 75.8 Å². The fraction of sp³-hybridized carbons (Fsp3) is 0.520. The molecule has 1 aromatic carbocycles. The molecule has 0 saturated heterocycles. The van der Waals surface area contributed by atoms with Crippen LogP contribution in [0.3, 0.4) is 0 Å². The van der Waals surface area contributed by atoms with Crippen molar-refractivity contribution in [2.24, 2.45) is 5.73 Å². The Kier molecular flexibility index (Phi) is 8.88. The minimum Gasteiger partial charge on any atom is -0.322 e. The zero-order chi connectivity index (χ0) is 22.2. The number of rotatable bonds is 9. The molecule has 170 valence electrons. The highest BCUT2D eigenvalue weighted by atomic mass is 31.2. The van der Waals surface area contributed by atoms with Gasteiger partial charge in [-0.1, -0.05) is 66.6 Å². The van der Waals surface area contributed by atoms with Crippen LogP contribution in [0.15, 0.2) is 65.8 Å². The van der Waals surface area contributed by atoms with Gasteiger partial charge in [0, 0.05) is 12.1 Å². The van der Waals surface area contributed by atoms with Crippen molar-refractivity contribution in [2.45, 2.75) is 63.3 Å². The maximum absolute atomic E-state index is 12.6. The SMILES string of the molecule is CN(CCc1ccccc1)P(=O)(O)OCCCC1=C/C=C\C2(N)CCCCC(=C1)CC2. The fourth-order valence-electron chi connectivity index (χ4n) is 4.21. The highest BCUT2D eigenvalue weighted by Gasteiger charge is 2.26. The smallest absolute Gasteiger partial charge is 0.322 e. The summed E-state index contributed by atoms with van der Waals surface area (Å²) >= 11 is 0. The van der Waals surface area contributed by atoms with Crippen LogP contribution in [0, 0.1) is 0 Å². The summed E-state index contributed by atoms with van der Waals surface area (Å²) < 4.78 is 19.4. The van der Waals surface area contributed by atoms with E-state index in [1.807, 2.05) is 30.3 Å². The molecule has 0 aromatic heterocycles. The number of nitrogens with zero attached hydrogens (tertiary/aromatic N) is 1. The van der Waals surface area contributed by atoms with Crippen molar-refractivity contribution in [3.05, 3.63) is 71.3 Å². The molecule has 2 bridgehead atoms. The Morgan fingerprint density at radius 1 is 1.16 bits per heavy atom. The van der Waals surface area contributed by atoms with Crippen molar-refractivity contribution < 1.29 is 14.0 Å². The monoisotopic (exact) mass is 444 g/mol. The minimum absolute atomic E-state index is 0.192. The number of nitrogens with two attached hydrogens (primary N) is 1. The largest absolute Gasteiger partial charge is 0.405 e. The fourth-order valence-corrected chi connectivity index (χ4v) is 5.13. The van der Waals surface area contributed by atoms with Crippen LogP contribution in [0.25, 0.3) is 0 Å². The third-order valence-electron chi connectivity index (χ3n) is 6.30. The summed E-state index contributed by atoms with van der Waals surface area (Å²) in [5.74, 6) is 0. The van der Waals surface area contributed by atoms with Gasteiger partial charge in [-0.15, -0.1) is 0 Å². The maximum Gasteiger partial charge on any atom is 0.405 e. The number of hydrogen-bond acceptors (Lipinski definition) is 3. The van der Waals surface area contributed by atoms with Crippen LogP contribution in [0.4, 0.5) is 0 Å². The van der Waals surface area contributed by atoms with Gasteiger partial charge in [0.2, 0.25) is 0 Å². The van der Waals surface area contributed by atoms with Crippen LogP contribution in [-0.4, -0.2) is 35.3 Å². The Morgan fingerprint density at radius 2 is 1.97 bits per heavy atom. The molecule has 3 rings (SSSR count). The number of hydrogen-bond donors (Lipinski definition) is 2. The summed E-state index contributed by atoms with van der Waals surface area (Å²) in [6.07, 6.45) is 17.5. The maximum atomic E-state index is 12.6. The van der Waals surface area contributed by atoms with E-state index in [-0.39, 0.29) is 12.1 Å². The van der Waals surface area contributed by atoms with E-state index in [4.69, 9.17) is 10.3 Å². The van der Waals surface area contributed by atoms with E-state index in [0.717, 1.165) is 37.7 Å². The van der Waals surface area contributed by atoms with E-state index in [9.17, 15) is 9.46 Å². The normalized spacial score (nSPS) is 24.8. The summed E-state index contributed by atoms with van der Waals surface area (Å²) in [5, 5.41) is 0. The van der Waals surface area contributed by atoms with Gasteiger partial charge in [-0.3, -0.25) is 4.52 Å². The van der Waals surface area contributed by atoms with Gasteiger partial charge < -0.3 is 10.6 Å². The first kappa shape index (κ1) is 24.2. The zero-order valence-corrected chi connectivity index (χ0v) is 19.6. The summed E-state index contributed by atoms with van der Waals surface area (Å²) in [4.78, 5) is 10.3. The molecule has 2 aliphatic rings. The molecule has 0 radical (unpaired) electrons. The molecule has 2 unspecified atom stereocenters. The molecule has 5 nitrogen and oxygen atoms in total.